The summed E-state index contributed by atoms with van der Waals surface area (Å²) in [6.45, 7) is 8.68. The average molecular weight is 717 g/mol. The smallest absolute Gasteiger partial charge is 0.341 e. The molecule has 8 rings (SSSR count). The molecule has 52 heavy (non-hydrogen) atoms. The fraction of sp³-hybridized carbons (Fsp3) is 0.641. The van der Waals surface area contributed by atoms with E-state index in [4.69, 9.17) is 14.2 Å². The number of pyridine rings is 1. The number of hydrogen-bond donors (Lipinski definition) is 4. The minimum atomic E-state index is -0.678. The van der Waals surface area contributed by atoms with Crippen molar-refractivity contribution in [3.05, 3.63) is 59.8 Å². The van der Waals surface area contributed by atoms with Crippen LogP contribution in [0.2, 0.25) is 0 Å². The van der Waals surface area contributed by atoms with E-state index in [0.717, 1.165) is 45.3 Å². The van der Waals surface area contributed by atoms with Gasteiger partial charge in [0.1, 0.15) is 17.2 Å². The Morgan fingerprint density at radius 1 is 1.10 bits per heavy atom. The van der Waals surface area contributed by atoms with Crippen molar-refractivity contribution in [1.82, 2.24) is 19.9 Å². The van der Waals surface area contributed by atoms with Crippen LogP contribution >= 0.6 is 0 Å². The van der Waals surface area contributed by atoms with Crippen molar-refractivity contribution in [2.75, 3.05) is 62.9 Å². The van der Waals surface area contributed by atoms with Gasteiger partial charge in [-0.3, -0.25) is 4.90 Å². The average Bonchev–Trinajstić information content (AvgIpc) is 3.63. The normalized spacial score (nSPS) is 37.5. The maximum atomic E-state index is 13.8. The third-order valence-electron chi connectivity index (χ3n) is 13.4. The lowest BCUT2D eigenvalue weighted by Gasteiger charge is -2.64. The molecule has 0 bridgehead atoms. The first-order valence-electron chi connectivity index (χ1n) is 19.0. The van der Waals surface area contributed by atoms with Crippen LogP contribution in [0.5, 0.6) is 0 Å². The molecular formula is C39H52N6O7. The second kappa shape index (κ2) is 14.1. The van der Waals surface area contributed by atoms with E-state index >= 15 is 0 Å². The molecule has 0 amide bonds. The fourth-order valence-corrected chi connectivity index (χ4v) is 10.5. The molecule has 2 aromatic rings. The maximum absolute atomic E-state index is 13.8. The summed E-state index contributed by atoms with van der Waals surface area (Å²) >= 11 is 0. The molecule has 2 aromatic heterocycles. The Hall–Kier alpha value is -3.46. The van der Waals surface area contributed by atoms with E-state index in [2.05, 4.69) is 32.1 Å². The molecule has 4 N–H and O–H groups in total. The number of aromatic nitrogens is 3. The third-order valence-corrected chi connectivity index (χ3v) is 13.4. The monoisotopic (exact) mass is 716 g/mol. The van der Waals surface area contributed by atoms with Crippen molar-refractivity contribution in [3.63, 3.8) is 0 Å². The van der Waals surface area contributed by atoms with E-state index in [1.807, 2.05) is 36.1 Å². The summed E-state index contributed by atoms with van der Waals surface area (Å²) < 4.78 is 18.3. The number of fused-ring (bicyclic) bond motifs is 1. The molecule has 9 atom stereocenters. The number of esters is 1. The number of hydrogen-bond acceptors (Lipinski definition) is 13. The van der Waals surface area contributed by atoms with Gasteiger partial charge in [0.2, 0.25) is 5.95 Å². The van der Waals surface area contributed by atoms with Crippen molar-refractivity contribution < 1.29 is 34.3 Å². The van der Waals surface area contributed by atoms with E-state index in [1.165, 1.54) is 0 Å². The van der Waals surface area contributed by atoms with Crippen LogP contribution in [-0.2, 0) is 19.0 Å². The van der Waals surface area contributed by atoms with E-state index in [-0.39, 0.29) is 42.5 Å². The number of nitrogens with one attached hydrogen (secondary N) is 1. The highest BCUT2D eigenvalue weighted by molar-refractivity contribution is 5.95. The number of carbonyl (C=O) groups excluding carboxylic acids is 1. The zero-order valence-corrected chi connectivity index (χ0v) is 30.2. The van der Waals surface area contributed by atoms with Crippen LogP contribution in [0.4, 0.5) is 11.8 Å². The fourth-order valence-electron chi connectivity index (χ4n) is 10.5. The van der Waals surface area contributed by atoms with E-state index in [1.54, 1.807) is 24.7 Å². The highest BCUT2D eigenvalue weighted by Gasteiger charge is 2.71. The molecule has 1 spiro atoms. The summed E-state index contributed by atoms with van der Waals surface area (Å²) in [7, 11) is 0. The number of epoxide rings is 1. The van der Waals surface area contributed by atoms with Gasteiger partial charge in [0, 0.05) is 55.2 Å². The van der Waals surface area contributed by atoms with Gasteiger partial charge in [-0.2, -0.15) is 0 Å². The number of aliphatic hydroxyl groups excluding tert-OH is 3. The summed E-state index contributed by atoms with van der Waals surface area (Å²) in [6, 6.07) is 5.33. The minimum Gasteiger partial charge on any atom is -0.423 e. The molecule has 6 unspecified atom stereocenters. The van der Waals surface area contributed by atoms with Crippen molar-refractivity contribution in [1.29, 1.82) is 0 Å². The SMILES string of the molecule is C[C@]12CC[C@@H](O)[C@@](C)(CO)C1CC(N1CCOCC1)C1(CO1)C2CC(Nc1ccccn1)C1=CC(=Cc2cnc(N3CCCC3CO)nc2)OC1=O. The zero-order valence-electron chi connectivity index (χ0n) is 30.2. The number of ether oxygens (including phenoxy) is 3. The van der Waals surface area contributed by atoms with Gasteiger partial charge in [-0.25, -0.2) is 19.7 Å². The lowest BCUT2D eigenvalue weighted by Crippen LogP contribution is -2.68. The van der Waals surface area contributed by atoms with Crippen LogP contribution in [0.3, 0.4) is 0 Å². The van der Waals surface area contributed by atoms with Crippen LogP contribution in [0.25, 0.3) is 6.08 Å². The van der Waals surface area contributed by atoms with Crippen LogP contribution in [0, 0.1) is 22.7 Å². The Morgan fingerprint density at radius 3 is 2.58 bits per heavy atom. The van der Waals surface area contributed by atoms with E-state index in [9.17, 15) is 20.1 Å². The summed E-state index contributed by atoms with van der Waals surface area (Å²) in [5, 5.41) is 35.6. The second-order valence-electron chi connectivity index (χ2n) is 16.1. The number of aliphatic hydroxyl groups is 3. The predicted molar refractivity (Wildman–Crippen MR) is 193 cm³/mol. The number of carbonyl (C=O) groups is 1. The van der Waals surface area contributed by atoms with Gasteiger partial charge in [-0.15, -0.1) is 0 Å². The van der Waals surface area contributed by atoms with Crippen LogP contribution in [0.1, 0.15) is 57.9 Å². The first-order valence-corrected chi connectivity index (χ1v) is 19.0. The molecule has 2 aliphatic carbocycles. The first kappa shape index (κ1) is 35.6. The van der Waals surface area contributed by atoms with Crippen LogP contribution < -0.4 is 10.2 Å². The van der Waals surface area contributed by atoms with Crippen LogP contribution in [-0.4, -0.2) is 124 Å². The molecule has 2 saturated carbocycles. The van der Waals surface area contributed by atoms with Gasteiger partial charge in [0.25, 0.3) is 0 Å². The van der Waals surface area contributed by atoms with Crippen LogP contribution in [0.15, 0.2) is 54.2 Å². The summed E-state index contributed by atoms with van der Waals surface area (Å²) in [6.07, 6.45) is 12.8. The van der Waals surface area contributed by atoms with Crippen molar-refractivity contribution in [3.8, 4) is 0 Å². The maximum Gasteiger partial charge on any atom is 0.341 e. The van der Waals surface area contributed by atoms with E-state index in [0.29, 0.717) is 61.3 Å². The number of anilines is 2. The van der Waals surface area contributed by atoms with Gasteiger partial charge in [0.05, 0.1) is 56.8 Å². The molecule has 3 saturated heterocycles. The number of allylic oxidation sites excluding steroid dienone is 1. The molecule has 0 aromatic carbocycles. The second-order valence-corrected chi connectivity index (χ2v) is 16.1. The Bertz CT molecular complexity index is 1660. The largest absolute Gasteiger partial charge is 0.423 e. The highest BCUT2D eigenvalue weighted by Crippen LogP contribution is 2.67. The molecule has 13 nitrogen and oxygen atoms in total. The Labute approximate surface area is 305 Å². The lowest BCUT2D eigenvalue weighted by molar-refractivity contribution is -0.197. The summed E-state index contributed by atoms with van der Waals surface area (Å²) in [4.78, 5) is 32.0. The van der Waals surface area contributed by atoms with Gasteiger partial charge < -0.3 is 39.7 Å². The molecule has 4 aliphatic heterocycles. The summed E-state index contributed by atoms with van der Waals surface area (Å²) in [5.41, 5.74) is -0.198. The van der Waals surface area contributed by atoms with Crippen molar-refractivity contribution in [2.24, 2.45) is 22.7 Å². The van der Waals surface area contributed by atoms with Gasteiger partial charge in [0.15, 0.2) is 0 Å². The number of morpholine rings is 1. The molecule has 0 radical (unpaired) electrons. The van der Waals surface area contributed by atoms with E-state index < -0.39 is 29.1 Å². The zero-order chi connectivity index (χ0) is 36.1. The molecule has 6 aliphatic rings. The molecule has 13 heteroatoms. The number of cyclic esters (lactones) is 1. The Morgan fingerprint density at radius 2 is 1.88 bits per heavy atom. The highest BCUT2D eigenvalue weighted by atomic mass is 16.6. The number of rotatable bonds is 10. The van der Waals surface area contributed by atoms with Gasteiger partial charge in [-0.05, 0) is 80.1 Å². The van der Waals surface area contributed by atoms with Crippen molar-refractivity contribution >= 4 is 23.8 Å². The Balaban J connectivity index is 1.14. The number of nitrogens with zero attached hydrogens (tertiary/aromatic N) is 5. The standard InChI is InChI=1S/C39H52N6O7/c1-37-9-8-33(48)38(2,23-47)30(37)19-32(44-12-14-50-15-13-44)39(24-51-39)31(37)18-29(43-34-7-3-4-10-40-34)28-17-27(52-35(28)49)16-25-20-41-36(42-21-25)45-11-5-6-26(45)22-46/h3-4,7,10,16-17,20-21,26,29-33,46-48H,5-6,8-9,11-15,18-19,22-24H2,1-2H3,(H,40,43)/t26?,29?,30?,31?,32?,33-,37+,38+,39?/m1/s1. The predicted octanol–water partition coefficient (Wildman–Crippen LogP) is 2.79. The first-order chi connectivity index (χ1) is 25.2. The quantitative estimate of drug-likeness (QED) is 0.210. The molecule has 280 valence electrons. The van der Waals surface area contributed by atoms with Crippen molar-refractivity contribution in [2.45, 2.75) is 82.2 Å². The summed E-state index contributed by atoms with van der Waals surface area (Å²) in [5.74, 6) is 1.22. The lowest BCUT2D eigenvalue weighted by atomic mass is 9.43. The molecular weight excluding hydrogens is 664 g/mol. The molecule has 5 fully saturated rings. The minimum absolute atomic E-state index is 0.0119. The topological polar surface area (TPSA) is 166 Å². The molecule has 6 heterocycles. The van der Waals surface area contributed by atoms with Gasteiger partial charge in [-0.1, -0.05) is 19.9 Å². The Kier molecular flexibility index (Phi) is 9.62. The third kappa shape index (κ3) is 6.22. The van der Waals surface area contributed by atoms with Gasteiger partial charge >= 0.3 is 5.97 Å².